The molecule has 0 atom stereocenters. The van der Waals surface area contributed by atoms with Crippen molar-refractivity contribution < 1.29 is 4.79 Å². The number of aromatic nitrogens is 2. The van der Waals surface area contributed by atoms with Crippen molar-refractivity contribution in [3.05, 3.63) is 60.4 Å². The lowest BCUT2D eigenvalue weighted by atomic mass is 10.1. The van der Waals surface area contributed by atoms with Crippen LogP contribution in [0, 0.1) is 0 Å². The second-order valence-corrected chi connectivity index (χ2v) is 5.27. The number of nitrogens with zero attached hydrogens (tertiary/aromatic N) is 2. The van der Waals surface area contributed by atoms with Gasteiger partial charge in [0.05, 0.1) is 17.4 Å². The van der Waals surface area contributed by atoms with E-state index < -0.39 is 0 Å². The van der Waals surface area contributed by atoms with Gasteiger partial charge in [0.2, 0.25) is 5.91 Å². The smallest absolute Gasteiger partial charge is 0.224 e. The second kappa shape index (κ2) is 6.43. The van der Waals surface area contributed by atoms with E-state index in [0.29, 0.717) is 6.42 Å². The molecule has 2 aromatic carbocycles. The summed E-state index contributed by atoms with van der Waals surface area (Å²) < 4.78 is 2.08. The summed E-state index contributed by atoms with van der Waals surface area (Å²) >= 11 is 0. The van der Waals surface area contributed by atoms with Crippen molar-refractivity contribution in [1.29, 1.82) is 0 Å². The van der Waals surface area contributed by atoms with E-state index in [-0.39, 0.29) is 5.91 Å². The van der Waals surface area contributed by atoms with Crippen LogP contribution in [0.15, 0.2) is 54.9 Å². The lowest BCUT2D eigenvalue weighted by Gasteiger charge is -2.06. The predicted octanol–water partition coefficient (Wildman–Crippen LogP) is 3.63. The van der Waals surface area contributed by atoms with E-state index >= 15 is 0 Å². The minimum atomic E-state index is 0.0260. The van der Waals surface area contributed by atoms with Crippen molar-refractivity contribution in [3.8, 4) is 0 Å². The van der Waals surface area contributed by atoms with Crippen molar-refractivity contribution in [2.24, 2.45) is 0 Å². The highest BCUT2D eigenvalue weighted by molar-refractivity contribution is 5.93. The third-order valence-electron chi connectivity index (χ3n) is 3.73. The maximum Gasteiger partial charge on any atom is 0.224 e. The SMILES string of the molecule is CCn1cnc2cc(NC(=O)CCc3ccccc3)ccc21. The van der Waals surface area contributed by atoms with Crippen molar-refractivity contribution in [2.75, 3.05) is 5.32 Å². The van der Waals surface area contributed by atoms with Gasteiger partial charge in [-0.2, -0.15) is 0 Å². The zero-order valence-corrected chi connectivity index (χ0v) is 12.6. The third kappa shape index (κ3) is 3.17. The summed E-state index contributed by atoms with van der Waals surface area (Å²) in [7, 11) is 0. The Morgan fingerprint density at radius 2 is 2.00 bits per heavy atom. The molecular formula is C18H19N3O. The first-order valence-corrected chi connectivity index (χ1v) is 7.55. The second-order valence-electron chi connectivity index (χ2n) is 5.27. The number of rotatable bonds is 5. The number of fused-ring (bicyclic) bond motifs is 1. The first kappa shape index (κ1) is 14.3. The zero-order chi connectivity index (χ0) is 15.4. The van der Waals surface area contributed by atoms with Crippen LogP contribution in [-0.2, 0) is 17.8 Å². The zero-order valence-electron chi connectivity index (χ0n) is 12.6. The minimum absolute atomic E-state index is 0.0260. The molecule has 0 unspecified atom stereocenters. The van der Waals surface area contributed by atoms with Gasteiger partial charge in [-0.1, -0.05) is 30.3 Å². The van der Waals surface area contributed by atoms with Gasteiger partial charge in [-0.25, -0.2) is 4.98 Å². The highest BCUT2D eigenvalue weighted by atomic mass is 16.1. The molecular weight excluding hydrogens is 274 g/mol. The number of imidazole rings is 1. The average Bonchev–Trinajstić information content (AvgIpc) is 2.96. The molecule has 1 amide bonds. The molecule has 3 rings (SSSR count). The Hall–Kier alpha value is -2.62. The largest absolute Gasteiger partial charge is 0.331 e. The van der Waals surface area contributed by atoms with E-state index in [2.05, 4.69) is 21.8 Å². The lowest BCUT2D eigenvalue weighted by Crippen LogP contribution is -2.12. The number of carbonyl (C=O) groups is 1. The summed E-state index contributed by atoms with van der Waals surface area (Å²) in [6.45, 7) is 2.97. The fourth-order valence-corrected chi connectivity index (χ4v) is 2.52. The van der Waals surface area contributed by atoms with Gasteiger partial charge in [-0.3, -0.25) is 4.79 Å². The van der Waals surface area contributed by atoms with Crippen LogP contribution in [0.25, 0.3) is 11.0 Å². The van der Waals surface area contributed by atoms with E-state index in [1.54, 1.807) is 0 Å². The van der Waals surface area contributed by atoms with Gasteiger partial charge in [0.1, 0.15) is 0 Å². The Kier molecular flexibility index (Phi) is 4.19. The molecule has 0 aliphatic rings. The Morgan fingerprint density at radius 1 is 1.18 bits per heavy atom. The van der Waals surface area contributed by atoms with E-state index in [0.717, 1.165) is 29.7 Å². The Morgan fingerprint density at radius 3 is 2.77 bits per heavy atom. The first-order valence-electron chi connectivity index (χ1n) is 7.55. The average molecular weight is 293 g/mol. The fourth-order valence-electron chi connectivity index (χ4n) is 2.52. The molecule has 1 N–H and O–H groups in total. The van der Waals surface area contributed by atoms with Gasteiger partial charge in [0.25, 0.3) is 0 Å². The number of nitrogens with one attached hydrogen (secondary N) is 1. The van der Waals surface area contributed by atoms with Crippen molar-refractivity contribution in [1.82, 2.24) is 9.55 Å². The van der Waals surface area contributed by atoms with Crippen molar-refractivity contribution >= 4 is 22.6 Å². The van der Waals surface area contributed by atoms with Gasteiger partial charge >= 0.3 is 0 Å². The number of amides is 1. The number of carbonyl (C=O) groups excluding carboxylic acids is 1. The molecule has 112 valence electrons. The highest BCUT2D eigenvalue weighted by Gasteiger charge is 2.06. The quantitative estimate of drug-likeness (QED) is 0.781. The minimum Gasteiger partial charge on any atom is -0.331 e. The molecule has 0 aliphatic carbocycles. The Bertz CT molecular complexity index is 777. The van der Waals surface area contributed by atoms with Crippen LogP contribution in [0.2, 0.25) is 0 Å². The number of hydrogen-bond acceptors (Lipinski definition) is 2. The van der Waals surface area contributed by atoms with Gasteiger partial charge in [-0.05, 0) is 37.1 Å². The molecule has 22 heavy (non-hydrogen) atoms. The van der Waals surface area contributed by atoms with Gasteiger partial charge in [0.15, 0.2) is 0 Å². The van der Waals surface area contributed by atoms with Gasteiger partial charge < -0.3 is 9.88 Å². The summed E-state index contributed by atoms with van der Waals surface area (Å²) in [5, 5.41) is 2.94. The molecule has 0 aliphatic heterocycles. The number of aryl methyl sites for hydroxylation is 2. The molecule has 0 fully saturated rings. The molecule has 0 radical (unpaired) electrons. The van der Waals surface area contributed by atoms with Gasteiger partial charge in [-0.15, -0.1) is 0 Å². The summed E-state index contributed by atoms with van der Waals surface area (Å²) in [5.41, 5.74) is 3.97. The van der Waals surface area contributed by atoms with Crippen LogP contribution in [0.5, 0.6) is 0 Å². The number of benzene rings is 2. The standard InChI is InChI=1S/C18H19N3O/c1-2-21-13-19-16-12-15(9-10-17(16)21)20-18(22)11-8-14-6-4-3-5-7-14/h3-7,9-10,12-13H,2,8,11H2,1H3,(H,20,22). The Balaban J connectivity index is 1.64. The molecule has 1 aromatic heterocycles. The van der Waals surface area contributed by atoms with Crippen molar-refractivity contribution in [2.45, 2.75) is 26.3 Å². The predicted molar refractivity (Wildman–Crippen MR) is 88.8 cm³/mol. The summed E-state index contributed by atoms with van der Waals surface area (Å²) in [4.78, 5) is 16.4. The van der Waals surface area contributed by atoms with Crippen LogP contribution in [0.3, 0.4) is 0 Å². The molecule has 0 spiro atoms. The molecule has 1 heterocycles. The lowest BCUT2D eigenvalue weighted by molar-refractivity contribution is -0.116. The number of hydrogen-bond donors (Lipinski definition) is 1. The first-order chi connectivity index (χ1) is 10.8. The van der Waals surface area contributed by atoms with Gasteiger partial charge in [0, 0.05) is 18.7 Å². The molecule has 0 saturated heterocycles. The van der Waals surface area contributed by atoms with E-state index in [9.17, 15) is 4.79 Å². The van der Waals surface area contributed by atoms with Crippen LogP contribution in [0.1, 0.15) is 18.9 Å². The highest BCUT2D eigenvalue weighted by Crippen LogP contribution is 2.18. The third-order valence-corrected chi connectivity index (χ3v) is 3.73. The molecule has 0 bridgehead atoms. The van der Waals surface area contributed by atoms with Crippen LogP contribution in [0.4, 0.5) is 5.69 Å². The van der Waals surface area contributed by atoms with Crippen molar-refractivity contribution in [3.63, 3.8) is 0 Å². The maximum absolute atomic E-state index is 12.0. The van der Waals surface area contributed by atoms with Crippen LogP contribution in [-0.4, -0.2) is 15.5 Å². The van der Waals surface area contributed by atoms with E-state index in [1.165, 1.54) is 5.56 Å². The molecule has 4 nitrogen and oxygen atoms in total. The van der Waals surface area contributed by atoms with Crippen LogP contribution < -0.4 is 5.32 Å². The molecule has 4 heteroatoms. The summed E-state index contributed by atoms with van der Waals surface area (Å²) in [6, 6.07) is 15.9. The fraction of sp³-hybridized carbons (Fsp3) is 0.222. The maximum atomic E-state index is 12.0. The van der Waals surface area contributed by atoms with E-state index in [1.807, 2.05) is 54.9 Å². The van der Waals surface area contributed by atoms with Crippen LogP contribution >= 0.6 is 0 Å². The monoisotopic (exact) mass is 293 g/mol. The normalized spacial score (nSPS) is 10.8. The Labute approximate surface area is 129 Å². The summed E-state index contributed by atoms with van der Waals surface area (Å²) in [5.74, 6) is 0.0260. The summed E-state index contributed by atoms with van der Waals surface area (Å²) in [6.07, 6.45) is 3.05. The topological polar surface area (TPSA) is 46.9 Å². The molecule has 0 saturated carbocycles. The number of anilines is 1. The molecule has 3 aromatic rings. The van der Waals surface area contributed by atoms with E-state index in [4.69, 9.17) is 0 Å².